The lowest BCUT2D eigenvalue weighted by atomic mass is 10.2. The monoisotopic (exact) mass is 277 g/mol. The number of aromatic nitrogens is 1. The summed E-state index contributed by atoms with van der Waals surface area (Å²) in [6.45, 7) is 6.24. The van der Waals surface area contributed by atoms with Crippen LogP contribution in [-0.4, -0.2) is 17.6 Å². The molecular weight excluding hydrogens is 266 g/mol. The minimum atomic E-state index is -0.359. The van der Waals surface area contributed by atoms with Crippen LogP contribution in [0.15, 0.2) is 3.79 Å². The summed E-state index contributed by atoms with van der Waals surface area (Å²) in [5.74, 6) is -0.0259. The van der Waals surface area contributed by atoms with E-state index in [9.17, 15) is 4.79 Å². The molecule has 0 fully saturated rings. The molecule has 0 aliphatic carbocycles. The Bertz CT molecular complexity index is 336. The van der Waals surface area contributed by atoms with Crippen LogP contribution in [0.4, 0.5) is 0 Å². The molecule has 1 heterocycles. The zero-order valence-electron chi connectivity index (χ0n) is 8.33. The number of rotatable bonds is 3. The number of hydrogen-bond donors (Lipinski definition) is 0. The van der Waals surface area contributed by atoms with Crippen molar-refractivity contribution < 1.29 is 9.53 Å². The average Bonchev–Trinajstić information content (AvgIpc) is 2.48. The van der Waals surface area contributed by atoms with Crippen molar-refractivity contribution in [1.82, 2.24) is 4.98 Å². The van der Waals surface area contributed by atoms with Gasteiger partial charge in [-0.25, -0.2) is 9.78 Å². The number of carbonyl (C=O) groups is 1. The van der Waals surface area contributed by atoms with Crippen molar-refractivity contribution >= 4 is 33.2 Å². The van der Waals surface area contributed by atoms with Gasteiger partial charge in [-0.05, 0) is 22.9 Å². The molecule has 14 heavy (non-hydrogen) atoms. The fraction of sp³-hybridized carbons (Fsp3) is 0.556. The van der Waals surface area contributed by atoms with Crippen LogP contribution in [0.25, 0.3) is 0 Å². The first-order chi connectivity index (χ1) is 6.56. The molecule has 0 aliphatic heterocycles. The van der Waals surface area contributed by atoms with Gasteiger partial charge in [-0.15, -0.1) is 11.3 Å². The highest BCUT2D eigenvalue weighted by Crippen LogP contribution is 2.29. The van der Waals surface area contributed by atoms with Crippen LogP contribution in [-0.2, 0) is 4.74 Å². The third-order valence-electron chi connectivity index (χ3n) is 1.57. The Morgan fingerprint density at radius 1 is 1.64 bits per heavy atom. The molecule has 0 atom stereocenters. The molecule has 0 aromatic carbocycles. The predicted molar refractivity (Wildman–Crippen MR) is 59.9 cm³/mol. The molecule has 0 amide bonds. The van der Waals surface area contributed by atoms with Crippen LogP contribution in [0.1, 0.15) is 42.2 Å². The number of carbonyl (C=O) groups excluding carboxylic acids is 1. The number of halogens is 1. The summed E-state index contributed by atoms with van der Waals surface area (Å²) in [4.78, 5) is 15.6. The van der Waals surface area contributed by atoms with E-state index in [0.29, 0.717) is 18.2 Å². The highest BCUT2D eigenvalue weighted by molar-refractivity contribution is 9.11. The van der Waals surface area contributed by atoms with Crippen molar-refractivity contribution in [2.24, 2.45) is 0 Å². The lowest BCUT2D eigenvalue weighted by molar-refractivity contribution is 0.0519. The lowest BCUT2D eigenvalue weighted by Gasteiger charge is -1.98. The van der Waals surface area contributed by atoms with E-state index in [0.717, 1.165) is 8.79 Å². The Morgan fingerprint density at radius 3 is 2.71 bits per heavy atom. The van der Waals surface area contributed by atoms with Crippen LogP contribution in [0.3, 0.4) is 0 Å². The van der Waals surface area contributed by atoms with Crippen LogP contribution in [0, 0.1) is 0 Å². The molecule has 1 rings (SSSR count). The smallest absolute Gasteiger partial charge is 0.359 e. The largest absolute Gasteiger partial charge is 0.461 e. The Hall–Kier alpha value is -0.420. The van der Waals surface area contributed by atoms with E-state index in [4.69, 9.17) is 4.74 Å². The number of esters is 1. The highest BCUT2D eigenvalue weighted by Gasteiger charge is 2.18. The Morgan fingerprint density at radius 2 is 2.29 bits per heavy atom. The van der Waals surface area contributed by atoms with Crippen LogP contribution < -0.4 is 0 Å². The first kappa shape index (κ1) is 11.7. The van der Waals surface area contributed by atoms with Gasteiger partial charge in [0.05, 0.1) is 11.6 Å². The molecule has 78 valence electrons. The molecule has 0 spiro atoms. The van der Waals surface area contributed by atoms with Crippen molar-refractivity contribution in [3.63, 3.8) is 0 Å². The van der Waals surface area contributed by atoms with Gasteiger partial charge in [0, 0.05) is 5.92 Å². The van der Waals surface area contributed by atoms with Crippen molar-refractivity contribution in [3.8, 4) is 0 Å². The number of ether oxygens (including phenoxy) is 1. The third kappa shape index (κ3) is 2.54. The van der Waals surface area contributed by atoms with Gasteiger partial charge in [0.15, 0.2) is 5.69 Å². The zero-order chi connectivity index (χ0) is 10.7. The molecule has 0 N–H and O–H groups in total. The SMILES string of the molecule is CCOC(=O)c1nc(C(C)C)sc1Br. The normalized spacial score (nSPS) is 10.6. The Balaban J connectivity index is 2.92. The predicted octanol–water partition coefficient (Wildman–Crippen LogP) is 3.21. The van der Waals surface area contributed by atoms with E-state index < -0.39 is 0 Å². The van der Waals surface area contributed by atoms with Gasteiger partial charge in [0.1, 0.15) is 3.79 Å². The highest BCUT2D eigenvalue weighted by atomic mass is 79.9. The first-order valence-corrected chi connectivity index (χ1v) is 6.00. The number of thiazole rings is 1. The summed E-state index contributed by atoms with van der Waals surface area (Å²) in [6, 6.07) is 0. The maximum absolute atomic E-state index is 11.4. The van der Waals surface area contributed by atoms with E-state index in [1.165, 1.54) is 11.3 Å². The van der Waals surface area contributed by atoms with Crippen LogP contribution in [0.2, 0.25) is 0 Å². The standard InChI is InChI=1S/C9H12BrNO2S/c1-4-13-9(12)6-7(10)14-8(11-6)5(2)3/h5H,4H2,1-3H3. The zero-order valence-corrected chi connectivity index (χ0v) is 10.7. The fourth-order valence-electron chi connectivity index (χ4n) is 0.889. The minimum Gasteiger partial charge on any atom is -0.461 e. The second-order valence-electron chi connectivity index (χ2n) is 3.05. The molecule has 0 unspecified atom stereocenters. The quantitative estimate of drug-likeness (QED) is 0.797. The Kier molecular flexibility index (Phi) is 4.07. The molecular formula is C9H12BrNO2S. The topological polar surface area (TPSA) is 39.2 Å². The molecule has 0 saturated heterocycles. The second kappa shape index (κ2) is 4.89. The molecule has 3 nitrogen and oxygen atoms in total. The maximum Gasteiger partial charge on any atom is 0.359 e. The van der Waals surface area contributed by atoms with E-state index >= 15 is 0 Å². The van der Waals surface area contributed by atoms with E-state index in [1.54, 1.807) is 6.92 Å². The first-order valence-electron chi connectivity index (χ1n) is 4.39. The molecule has 0 saturated carbocycles. The molecule has 0 radical (unpaired) electrons. The summed E-state index contributed by atoms with van der Waals surface area (Å²) >= 11 is 4.79. The lowest BCUT2D eigenvalue weighted by Crippen LogP contribution is -2.06. The number of hydrogen-bond acceptors (Lipinski definition) is 4. The molecule has 5 heteroatoms. The van der Waals surface area contributed by atoms with Crippen LogP contribution in [0.5, 0.6) is 0 Å². The van der Waals surface area contributed by atoms with Gasteiger partial charge < -0.3 is 4.74 Å². The molecule has 1 aromatic rings. The summed E-state index contributed by atoms with van der Waals surface area (Å²) in [7, 11) is 0. The van der Waals surface area contributed by atoms with Gasteiger partial charge in [-0.2, -0.15) is 0 Å². The van der Waals surface area contributed by atoms with Crippen molar-refractivity contribution in [3.05, 3.63) is 14.5 Å². The average molecular weight is 278 g/mol. The summed E-state index contributed by atoms with van der Waals surface area (Å²) < 4.78 is 5.63. The fourth-order valence-corrected chi connectivity index (χ4v) is 2.42. The van der Waals surface area contributed by atoms with Gasteiger partial charge in [0.2, 0.25) is 0 Å². The van der Waals surface area contributed by atoms with Gasteiger partial charge in [-0.3, -0.25) is 0 Å². The Labute approximate surface area is 95.6 Å². The molecule has 0 aliphatic rings. The van der Waals surface area contributed by atoms with E-state index in [-0.39, 0.29) is 5.97 Å². The second-order valence-corrected chi connectivity index (χ2v) is 5.40. The van der Waals surface area contributed by atoms with Crippen molar-refractivity contribution in [2.75, 3.05) is 6.61 Å². The summed E-state index contributed by atoms with van der Waals surface area (Å²) in [5, 5.41) is 0.944. The summed E-state index contributed by atoms with van der Waals surface area (Å²) in [6.07, 6.45) is 0. The van der Waals surface area contributed by atoms with Gasteiger partial charge >= 0.3 is 5.97 Å². The summed E-state index contributed by atoms with van der Waals surface area (Å²) in [5.41, 5.74) is 0.389. The van der Waals surface area contributed by atoms with Gasteiger partial charge in [-0.1, -0.05) is 13.8 Å². The van der Waals surface area contributed by atoms with Gasteiger partial charge in [0.25, 0.3) is 0 Å². The van der Waals surface area contributed by atoms with Crippen molar-refractivity contribution in [1.29, 1.82) is 0 Å². The van der Waals surface area contributed by atoms with E-state index in [1.807, 2.05) is 13.8 Å². The molecule has 1 aromatic heterocycles. The van der Waals surface area contributed by atoms with Crippen LogP contribution >= 0.6 is 27.3 Å². The number of nitrogens with zero attached hydrogens (tertiary/aromatic N) is 1. The molecule has 0 bridgehead atoms. The minimum absolute atomic E-state index is 0.333. The maximum atomic E-state index is 11.4. The van der Waals surface area contributed by atoms with Crippen molar-refractivity contribution in [2.45, 2.75) is 26.7 Å². The van der Waals surface area contributed by atoms with E-state index in [2.05, 4.69) is 20.9 Å². The third-order valence-corrected chi connectivity index (χ3v) is 3.57.